The van der Waals surface area contributed by atoms with Crippen LogP contribution in [0.15, 0.2) is 53.4 Å². The molecule has 2 unspecified atom stereocenters. The first kappa shape index (κ1) is 27.3. The van der Waals surface area contributed by atoms with Crippen molar-refractivity contribution in [1.29, 1.82) is 0 Å². The van der Waals surface area contributed by atoms with Crippen LogP contribution in [0.5, 0.6) is 28.7 Å². The molecule has 2 atom stereocenters. The Kier molecular flexibility index (Phi) is 6.58. The van der Waals surface area contributed by atoms with Crippen LogP contribution in [0.2, 0.25) is 0 Å². The summed E-state index contributed by atoms with van der Waals surface area (Å²) in [4.78, 5) is 0.0929. The van der Waals surface area contributed by atoms with E-state index in [2.05, 4.69) is 0 Å². The van der Waals surface area contributed by atoms with E-state index >= 15 is 0 Å². The summed E-state index contributed by atoms with van der Waals surface area (Å²) in [6, 6.07) is 14.0. The van der Waals surface area contributed by atoms with Crippen LogP contribution in [0.3, 0.4) is 0 Å². The van der Waals surface area contributed by atoms with E-state index in [0.29, 0.717) is 40.1 Å². The molecule has 0 N–H and O–H groups in total. The standard InChI is InChI=1S/C31H32O9S/c1-17-7-9-18(10-8-17)41(32,33)40-27-14-21-22(39-31(27,2)3)12-11-19-29(21)38-26-16-37-23-15-25(35-5)24(34-4)13-20(23)28(26)30(19)36-6/h7-13,15,26-27H,14,16H2,1-6H3. The molecule has 0 amide bonds. The average molecular weight is 581 g/mol. The van der Waals surface area contributed by atoms with Gasteiger partial charge >= 0.3 is 0 Å². The van der Waals surface area contributed by atoms with E-state index in [1.54, 1.807) is 51.7 Å². The first-order chi connectivity index (χ1) is 19.6. The topological polar surface area (TPSA) is 98.8 Å². The number of methoxy groups -OCH3 is 3. The number of aryl methyl sites for hydroxylation is 1. The molecular weight excluding hydrogens is 548 g/mol. The first-order valence-electron chi connectivity index (χ1n) is 13.3. The van der Waals surface area contributed by atoms with Crippen LogP contribution < -0.4 is 23.7 Å². The summed E-state index contributed by atoms with van der Waals surface area (Å²) in [5, 5.41) is 0. The van der Waals surface area contributed by atoms with Crippen LogP contribution in [0.1, 0.15) is 36.1 Å². The number of rotatable bonds is 6. The Labute approximate surface area is 239 Å². The van der Waals surface area contributed by atoms with Crippen molar-refractivity contribution in [2.75, 3.05) is 27.9 Å². The quantitative estimate of drug-likeness (QED) is 0.366. The van der Waals surface area contributed by atoms with Crippen LogP contribution >= 0.6 is 0 Å². The summed E-state index contributed by atoms with van der Waals surface area (Å²) in [7, 11) is 0.719. The minimum Gasteiger partial charge on any atom is -0.496 e. The number of ether oxygens (including phenoxy) is 6. The number of fused-ring (bicyclic) bond motifs is 6. The van der Waals surface area contributed by atoms with E-state index in [1.807, 2.05) is 39.0 Å². The number of hydrogen-bond donors (Lipinski definition) is 0. The predicted octanol–water partition coefficient (Wildman–Crippen LogP) is 5.17. The minimum absolute atomic E-state index is 0.0929. The second kappa shape index (κ2) is 9.88. The highest BCUT2D eigenvalue weighted by Crippen LogP contribution is 2.52. The summed E-state index contributed by atoms with van der Waals surface area (Å²) < 4.78 is 68.2. The van der Waals surface area contributed by atoms with Gasteiger partial charge in [0.05, 0.1) is 31.8 Å². The number of benzene rings is 3. The average Bonchev–Trinajstić information content (AvgIpc) is 2.95. The van der Waals surface area contributed by atoms with Crippen molar-refractivity contribution in [2.24, 2.45) is 0 Å². The summed E-state index contributed by atoms with van der Waals surface area (Å²) >= 11 is 0. The largest absolute Gasteiger partial charge is 0.496 e. The lowest BCUT2D eigenvalue weighted by atomic mass is 9.86. The van der Waals surface area contributed by atoms with E-state index in [1.165, 1.54) is 0 Å². The van der Waals surface area contributed by atoms with E-state index in [9.17, 15) is 8.42 Å². The van der Waals surface area contributed by atoms with Crippen LogP contribution in [0.25, 0.3) is 11.3 Å². The molecule has 9 nitrogen and oxygen atoms in total. The smallest absolute Gasteiger partial charge is 0.297 e. The lowest BCUT2D eigenvalue weighted by Gasteiger charge is -2.41. The Morgan fingerprint density at radius 1 is 0.878 bits per heavy atom. The Hall–Kier alpha value is -3.89. The van der Waals surface area contributed by atoms with Gasteiger partial charge in [0, 0.05) is 29.2 Å². The number of hydrogen-bond acceptors (Lipinski definition) is 9. The summed E-state index contributed by atoms with van der Waals surface area (Å²) in [6.45, 7) is 5.77. The van der Waals surface area contributed by atoms with Crippen molar-refractivity contribution in [3.63, 3.8) is 0 Å². The summed E-state index contributed by atoms with van der Waals surface area (Å²) in [6.07, 6.45) is -1.05. The van der Waals surface area contributed by atoms with Crippen molar-refractivity contribution in [2.45, 2.75) is 49.9 Å². The van der Waals surface area contributed by atoms with Crippen molar-refractivity contribution < 1.29 is 41.0 Å². The molecule has 0 spiro atoms. The van der Waals surface area contributed by atoms with Gasteiger partial charge in [0.25, 0.3) is 10.1 Å². The molecule has 0 radical (unpaired) electrons. The molecule has 0 aliphatic carbocycles. The van der Waals surface area contributed by atoms with Gasteiger partial charge in [0.15, 0.2) is 17.6 Å². The molecule has 3 aromatic carbocycles. The molecule has 3 heterocycles. The molecule has 0 saturated heterocycles. The Bertz CT molecular complexity index is 1660. The van der Waals surface area contributed by atoms with Gasteiger partial charge in [0.2, 0.25) is 0 Å². The third-order valence-corrected chi connectivity index (χ3v) is 9.08. The molecule has 0 saturated carbocycles. The Morgan fingerprint density at radius 3 is 2.27 bits per heavy atom. The minimum atomic E-state index is -4.05. The Balaban J connectivity index is 1.42. The lowest BCUT2D eigenvalue weighted by Crippen LogP contribution is -2.49. The maximum atomic E-state index is 13.2. The molecule has 0 bridgehead atoms. The van der Waals surface area contributed by atoms with Gasteiger partial charge in [-0.3, -0.25) is 4.18 Å². The molecule has 0 fully saturated rings. The summed E-state index contributed by atoms with van der Waals surface area (Å²) in [5.74, 6) is 3.53. The monoisotopic (exact) mass is 580 g/mol. The van der Waals surface area contributed by atoms with Crippen molar-refractivity contribution in [1.82, 2.24) is 0 Å². The third kappa shape index (κ3) is 4.55. The van der Waals surface area contributed by atoms with Gasteiger partial charge in [-0.15, -0.1) is 0 Å². The van der Waals surface area contributed by atoms with Crippen molar-refractivity contribution >= 4 is 21.5 Å². The zero-order chi connectivity index (χ0) is 29.1. The predicted molar refractivity (Wildman–Crippen MR) is 151 cm³/mol. The van der Waals surface area contributed by atoms with E-state index in [4.69, 9.17) is 32.6 Å². The van der Waals surface area contributed by atoms with Crippen LogP contribution in [-0.2, 0) is 25.5 Å². The zero-order valence-electron chi connectivity index (χ0n) is 23.8. The van der Waals surface area contributed by atoms with Gasteiger partial charge < -0.3 is 28.4 Å². The van der Waals surface area contributed by atoms with E-state index in [-0.39, 0.29) is 17.9 Å². The van der Waals surface area contributed by atoms with Crippen LogP contribution in [0.4, 0.5) is 0 Å². The second-order valence-corrected chi connectivity index (χ2v) is 12.3. The fourth-order valence-corrected chi connectivity index (χ4v) is 6.72. The van der Waals surface area contributed by atoms with E-state index in [0.717, 1.165) is 22.3 Å². The highest BCUT2D eigenvalue weighted by molar-refractivity contribution is 7.86. The molecule has 3 aliphatic heterocycles. The molecule has 0 aromatic heterocycles. The van der Waals surface area contributed by atoms with Crippen LogP contribution in [0, 0.1) is 6.92 Å². The van der Waals surface area contributed by atoms with Gasteiger partial charge in [-0.1, -0.05) is 17.7 Å². The van der Waals surface area contributed by atoms with Gasteiger partial charge in [-0.05, 0) is 51.1 Å². The molecule has 6 rings (SSSR count). The van der Waals surface area contributed by atoms with E-state index < -0.39 is 27.9 Å². The zero-order valence-corrected chi connectivity index (χ0v) is 24.6. The van der Waals surface area contributed by atoms with Gasteiger partial charge in [0.1, 0.15) is 41.3 Å². The van der Waals surface area contributed by atoms with Crippen LogP contribution in [-0.4, -0.2) is 54.2 Å². The second-order valence-electron chi connectivity index (χ2n) is 10.7. The molecule has 41 heavy (non-hydrogen) atoms. The SMILES string of the molecule is COC1=C2c3cc(OC)c(OC)cc3OCC2Oc2c1ccc1c2CC(OS(=O)(=O)c2ccc(C)cc2)C(C)(C)O1. The summed E-state index contributed by atoms with van der Waals surface area (Å²) in [5.41, 5.74) is 3.06. The maximum Gasteiger partial charge on any atom is 0.297 e. The lowest BCUT2D eigenvalue weighted by molar-refractivity contribution is -0.0248. The molecule has 3 aromatic rings. The van der Waals surface area contributed by atoms with Crippen molar-refractivity contribution in [3.8, 4) is 28.7 Å². The Morgan fingerprint density at radius 2 is 1.59 bits per heavy atom. The van der Waals surface area contributed by atoms with Crippen molar-refractivity contribution in [3.05, 3.63) is 70.8 Å². The highest BCUT2D eigenvalue weighted by atomic mass is 32.2. The third-order valence-electron chi connectivity index (χ3n) is 7.75. The highest BCUT2D eigenvalue weighted by Gasteiger charge is 2.45. The maximum absolute atomic E-state index is 13.2. The molecule has 216 valence electrons. The first-order valence-corrected chi connectivity index (χ1v) is 14.7. The fraction of sp³-hybridized carbons (Fsp3) is 0.355. The van der Waals surface area contributed by atoms with Gasteiger partial charge in [-0.25, -0.2) is 0 Å². The molecular formula is C31H32O9S. The fourth-order valence-electron chi connectivity index (χ4n) is 5.54. The van der Waals surface area contributed by atoms with Gasteiger partial charge in [-0.2, -0.15) is 8.42 Å². The normalized spacial score (nSPS) is 20.2. The molecule has 3 aliphatic rings. The molecule has 10 heteroatoms.